The van der Waals surface area contributed by atoms with Gasteiger partial charge in [0, 0.05) is 6.20 Å². The predicted octanol–water partition coefficient (Wildman–Crippen LogP) is 5.77. The third-order valence-corrected chi connectivity index (χ3v) is 2.32. The number of hydrogen-bond acceptors (Lipinski definition) is 1. The second kappa shape index (κ2) is 12.9. The van der Waals surface area contributed by atoms with Gasteiger partial charge in [-0.3, -0.25) is 5.10 Å². The van der Waals surface area contributed by atoms with Crippen LogP contribution in [0.5, 0.6) is 0 Å². The van der Waals surface area contributed by atoms with E-state index < -0.39 is 0 Å². The summed E-state index contributed by atoms with van der Waals surface area (Å²) in [5.41, 5.74) is 4.90. The summed E-state index contributed by atoms with van der Waals surface area (Å²) in [5.74, 6) is 0. The molecule has 0 unspecified atom stereocenters. The van der Waals surface area contributed by atoms with Crippen molar-refractivity contribution in [3.8, 4) is 11.3 Å². The summed E-state index contributed by atoms with van der Waals surface area (Å²) in [7, 11) is 0. The zero-order valence-electron chi connectivity index (χ0n) is 13.8. The van der Waals surface area contributed by atoms with Crippen molar-refractivity contribution >= 4 is 0 Å². The molecule has 0 spiro atoms. The van der Waals surface area contributed by atoms with E-state index in [9.17, 15) is 0 Å². The fourth-order valence-corrected chi connectivity index (χ4v) is 1.33. The molecule has 0 bridgehead atoms. The molecule has 19 heavy (non-hydrogen) atoms. The minimum absolute atomic E-state index is 1.07. The molecule has 0 aliphatic heterocycles. The molecule has 2 heteroatoms. The molecule has 0 radical (unpaired) electrons. The van der Waals surface area contributed by atoms with Gasteiger partial charge in [-0.2, -0.15) is 5.10 Å². The highest BCUT2D eigenvalue weighted by molar-refractivity contribution is 5.60. The summed E-state index contributed by atoms with van der Waals surface area (Å²) in [4.78, 5) is 0. The maximum atomic E-state index is 3.93. The van der Waals surface area contributed by atoms with Crippen LogP contribution in [0, 0.1) is 13.8 Å². The van der Waals surface area contributed by atoms with E-state index in [-0.39, 0.29) is 0 Å². The number of aromatic nitrogens is 2. The number of rotatable bonds is 1. The van der Waals surface area contributed by atoms with Crippen molar-refractivity contribution in [1.82, 2.24) is 10.2 Å². The standard InChI is InChI=1S/C11H12N2.3C2H6/c1-8-3-4-10(7-9(8)2)11-5-6-12-13-11;3*1-2/h3-7H,1-2H3,(H,12,13);3*1-2H3. The molecule has 2 rings (SSSR count). The van der Waals surface area contributed by atoms with Crippen molar-refractivity contribution in [1.29, 1.82) is 0 Å². The summed E-state index contributed by atoms with van der Waals surface area (Å²) >= 11 is 0. The molecule has 108 valence electrons. The maximum Gasteiger partial charge on any atom is 0.0650 e. The molecule has 1 aromatic carbocycles. The number of benzene rings is 1. The highest BCUT2D eigenvalue weighted by atomic mass is 15.1. The molecule has 0 fully saturated rings. The molecule has 0 saturated heterocycles. The summed E-state index contributed by atoms with van der Waals surface area (Å²) < 4.78 is 0. The fraction of sp³-hybridized carbons (Fsp3) is 0.471. The minimum atomic E-state index is 1.07. The second-order valence-corrected chi connectivity index (χ2v) is 3.27. The van der Waals surface area contributed by atoms with E-state index in [0.29, 0.717) is 0 Å². The molecule has 1 aromatic heterocycles. The lowest BCUT2D eigenvalue weighted by Crippen LogP contribution is -1.83. The van der Waals surface area contributed by atoms with Gasteiger partial charge in [-0.15, -0.1) is 0 Å². The van der Waals surface area contributed by atoms with Gasteiger partial charge in [0.25, 0.3) is 0 Å². The summed E-state index contributed by atoms with van der Waals surface area (Å²) in [6.07, 6.45) is 1.77. The number of aromatic amines is 1. The monoisotopic (exact) mass is 262 g/mol. The molecule has 0 aliphatic carbocycles. The number of nitrogens with zero attached hydrogens (tertiary/aromatic N) is 1. The summed E-state index contributed by atoms with van der Waals surface area (Å²) in [6.45, 7) is 16.2. The first kappa shape index (κ1) is 19.8. The topological polar surface area (TPSA) is 28.7 Å². The van der Waals surface area contributed by atoms with Gasteiger partial charge >= 0.3 is 0 Å². The predicted molar refractivity (Wildman–Crippen MR) is 87.5 cm³/mol. The van der Waals surface area contributed by atoms with Crippen molar-refractivity contribution in [2.45, 2.75) is 55.4 Å². The molecule has 0 amide bonds. The maximum absolute atomic E-state index is 3.93. The molecule has 1 N–H and O–H groups in total. The quantitative estimate of drug-likeness (QED) is 0.694. The number of H-pyrrole nitrogens is 1. The molecular formula is C17H30N2. The summed E-state index contributed by atoms with van der Waals surface area (Å²) in [5, 5.41) is 6.88. The van der Waals surface area contributed by atoms with E-state index in [0.717, 1.165) is 5.69 Å². The van der Waals surface area contributed by atoms with Gasteiger partial charge in [0.2, 0.25) is 0 Å². The van der Waals surface area contributed by atoms with Gasteiger partial charge in [-0.1, -0.05) is 53.7 Å². The van der Waals surface area contributed by atoms with Crippen LogP contribution < -0.4 is 0 Å². The first-order valence-electron chi connectivity index (χ1n) is 7.34. The lowest BCUT2D eigenvalue weighted by Gasteiger charge is -2.02. The van der Waals surface area contributed by atoms with Crippen LogP contribution in [0.25, 0.3) is 11.3 Å². The van der Waals surface area contributed by atoms with Gasteiger partial charge < -0.3 is 0 Å². The number of hydrogen-bond donors (Lipinski definition) is 1. The third-order valence-electron chi connectivity index (χ3n) is 2.32. The summed E-state index contributed by atoms with van der Waals surface area (Å²) in [6, 6.07) is 8.38. The van der Waals surface area contributed by atoms with E-state index in [1.165, 1.54) is 16.7 Å². The first-order valence-corrected chi connectivity index (χ1v) is 7.34. The van der Waals surface area contributed by atoms with Crippen LogP contribution in [0.4, 0.5) is 0 Å². The molecule has 0 atom stereocenters. The Morgan fingerprint density at radius 1 is 0.789 bits per heavy atom. The zero-order chi connectivity index (χ0) is 15.3. The van der Waals surface area contributed by atoms with Crippen LogP contribution in [-0.2, 0) is 0 Å². The van der Waals surface area contributed by atoms with Gasteiger partial charge in [0.05, 0.1) is 5.69 Å². The van der Waals surface area contributed by atoms with Gasteiger partial charge in [0.15, 0.2) is 0 Å². The van der Waals surface area contributed by atoms with Crippen LogP contribution in [0.1, 0.15) is 52.7 Å². The zero-order valence-corrected chi connectivity index (χ0v) is 13.8. The fourth-order valence-electron chi connectivity index (χ4n) is 1.33. The van der Waals surface area contributed by atoms with E-state index in [1.807, 2.05) is 47.6 Å². The van der Waals surface area contributed by atoms with Crippen LogP contribution in [0.15, 0.2) is 30.5 Å². The largest absolute Gasteiger partial charge is 0.278 e. The Kier molecular flexibility index (Phi) is 13.4. The van der Waals surface area contributed by atoms with Crippen LogP contribution >= 0.6 is 0 Å². The first-order chi connectivity index (χ1) is 9.27. The smallest absolute Gasteiger partial charge is 0.0650 e. The SMILES string of the molecule is CC.CC.CC.Cc1ccc(-c2ccn[nH]2)cc1C. The Labute approximate surface area is 119 Å². The van der Waals surface area contributed by atoms with Crippen LogP contribution in [0.2, 0.25) is 0 Å². The normalized spacial score (nSPS) is 8.00. The van der Waals surface area contributed by atoms with Crippen molar-refractivity contribution in [2.75, 3.05) is 0 Å². The lowest BCUT2D eigenvalue weighted by molar-refractivity contribution is 1.09. The van der Waals surface area contributed by atoms with Crippen molar-refractivity contribution in [3.05, 3.63) is 41.6 Å². The van der Waals surface area contributed by atoms with Crippen molar-refractivity contribution < 1.29 is 0 Å². The molecular weight excluding hydrogens is 232 g/mol. The average molecular weight is 262 g/mol. The minimum Gasteiger partial charge on any atom is -0.278 e. The van der Waals surface area contributed by atoms with Crippen LogP contribution in [0.3, 0.4) is 0 Å². The molecule has 1 heterocycles. The van der Waals surface area contributed by atoms with E-state index in [1.54, 1.807) is 6.20 Å². The number of aryl methyl sites for hydroxylation is 2. The Morgan fingerprint density at radius 2 is 1.37 bits per heavy atom. The van der Waals surface area contributed by atoms with Gasteiger partial charge in [0.1, 0.15) is 0 Å². The van der Waals surface area contributed by atoms with Crippen molar-refractivity contribution in [3.63, 3.8) is 0 Å². The Morgan fingerprint density at radius 3 is 1.79 bits per heavy atom. The van der Waals surface area contributed by atoms with Crippen LogP contribution in [-0.4, -0.2) is 10.2 Å². The molecule has 2 aromatic rings. The highest BCUT2D eigenvalue weighted by Gasteiger charge is 1.99. The van der Waals surface area contributed by atoms with E-state index >= 15 is 0 Å². The Balaban J connectivity index is 0. The number of nitrogens with one attached hydrogen (secondary N) is 1. The lowest BCUT2D eigenvalue weighted by atomic mass is 10.0. The third kappa shape index (κ3) is 6.80. The molecule has 0 aliphatic rings. The molecule has 2 nitrogen and oxygen atoms in total. The highest BCUT2D eigenvalue weighted by Crippen LogP contribution is 2.19. The van der Waals surface area contributed by atoms with Gasteiger partial charge in [-0.05, 0) is 42.7 Å². The Bertz CT molecular complexity index is 403. The second-order valence-electron chi connectivity index (χ2n) is 3.27. The van der Waals surface area contributed by atoms with E-state index in [4.69, 9.17) is 0 Å². The molecule has 0 saturated carbocycles. The van der Waals surface area contributed by atoms with E-state index in [2.05, 4.69) is 42.2 Å². The van der Waals surface area contributed by atoms with Gasteiger partial charge in [-0.25, -0.2) is 0 Å². The average Bonchev–Trinajstić information content (AvgIpc) is 3.03. The van der Waals surface area contributed by atoms with Crippen molar-refractivity contribution in [2.24, 2.45) is 0 Å². The Hall–Kier alpha value is -1.57.